The average Bonchev–Trinajstić information content (AvgIpc) is 3.44. The van der Waals surface area contributed by atoms with Crippen LogP contribution in [0, 0.1) is 13.8 Å². The molecule has 210 valence electrons. The van der Waals surface area contributed by atoms with Gasteiger partial charge in [0.15, 0.2) is 11.5 Å². The highest BCUT2D eigenvalue weighted by atomic mass is 16.7. The van der Waals surface area contributed by atoms with E-state index in [2.05, 4.69) is 49.6 Å². The lowest BCUT2D eigenvalue weighted by molar-refractivity contribution is 0.102. The Bertz CT molecular complexity index is 1550. The van der Waals surface area contributed by atoms with E-state index in [0.29, 0.717) is 23.2 Å². The predicted molar refractivity (Wildman–Crippen MR) is 158 cm³/mol. The van der Waals surface area contributed by atoms with Crippen molar-refractivity contribution < 1.29 is 19.0 Å². The van der Waals surface area contributed by atoms with E-state index in [1.54, 1.807) is 18.2 Å². The minimum Gasteiger partial charge on any atom is -0.454 e. The summed E-state index contributed by atoms with van der Waals surface area (Å²) in [5.41, 5.74) is 4.85. The number of ether oxygens (including phenoxy) is 3. The summed E-state index contributed by atoms with van der Waals surface area (Å²) < 4.78 is 17.0. The Morgan fingerprint density at radius 3 is 2.41 bits per heavy atom. The molecule has 1 amide bonds. The number of fused-ring (bicyclic) bond motifs is 1. The zero-order valence-corrected chi connectivity index (χ0v) is 23.3. The van der Waals surface area contributed by atoms with Crippen LogP contribution < -0.4 is 29.7 Å². The zero-order chi connectivity index (χ0) is 28.3. The first-order chi connectivity index (χ1) is 19.9. The SMILES string of the molecule is Cc1cccc(C)c1NC(=O)c1cnc(Nc2ccc(N3CCN(C)CC3)cc2)nc1Oc1ccc2c(c1)OCO2. The van der Waals surface area contributed by atoms with Crippen LogP contribution in [0.1, 0.15) is 21.5 Å². The fraction of sp³-hybridized carbons (Fsp3) is 0.258. The second kappa shape index (κ2) is 11.3. The van der Waals surface area contributed by atoms with Crippen LogP contribution in [-0.4, -0.2) is 60.8 Å². The molecule has 0 radical (unpaired) electrons. The third kappa shape index (κ3) is 5.87. The molecule has 1 aromatic heterocycles. The van der Waals surface area contributed by atoms with Gasteiger partial charge in [-0.2, -0.15) is 4.98 Å². The molecule has 41 heavy (non-hydrogen) atoms. The molecule has 10 nitrogen and oxygen atoms in total. The number of aromatic nitrogens is 2. The standard InChI is InChI=1S/C31H32N6O4/c1-20-5-4-6-21(2)28(20)34-29(38)25-18-32-31(35-30(25)41-24-11-12-26-27(17-24)40-19-39-26)33-22-7-9-23(10-8-22)37-15-13-36(3)14-16-37/h4-12,17-18H,13-16,19H2,1-3H3,(H,34,38)(H,32,33,35). The summed E-state index contributed by atoms with van der Waals surface area (Å²) in [7, 11) is 2.15. The number of rotatable bonds is 7. The Kier molecular flexibility index (Phi) is 7.30. The Labute approximate surface area is 238 Å². The molecule has 0 atom stereocenters. The number of hydrogen-bond acceptors (Lipinski definition) is 9. The number of para-hydroxylation sites is 1. The van der Waals surface area contributed by atoms with Crippen LogP contribution >= 0.6 is 0 Å². The summed E-state index contributed by atoms with van der Waals surface area (Å²) >= 11 is 0. The molecule has 10 heteroatoms. The molecule has 0 unspecified atom stereocenters. The molecule has 6 rings (SSSR count). The van der Waals surface area contributed by atoms with Crippen molar-refractivity contribution in [1.82, 2.24) is 14.9 Å². The number of hydrogen-bond donors (Lipinski definition) is 2. The topological polar surface area (TPSA) is 101 Å². The van der Waals surface area contributed by atoms with E-state index in [0.717, 1.165) is 48.7 Å². The van der Waals surface area contributed by atoms with Crippen molar-refractivity contribution in [2.45, 2.75) is 13.8 Å². The molecule has 1 saturated heterocycles. The number of amides is 1. The van der Waals surface area contributed by atoms with Crippen LogP contribution in [0.15, 0.2) is 66.9 Å². The summed E-state index contributed by atoms with van der Waals surface area (Å²) in [6.07, 6.45) is 1.47. The highest BCUT2D eigenvalue weighted by molar-refractivity contribution is 6.06. The van der Waals surface area contributed by atoms with Crippen molar-refractivity contribution in [3.05, 3.63) is 83.6 Å². The van der Waals surface area contributed by atoms with Crippen LogP contribution in [0.2, 0.25) is 0 Å². The highest BCUT2D eigenvalue weighted by Gasteiger charge is 2.21. The molecule has 3 heterocycles. The average molecular weight is 553 g/mol. The summed E-state index contributed by atoms with van der Waals surface area (Å²) in [6, 6.07) is 19.2. The number of anilines is 4. The first-order valence-corrected chi connectivity index (χ1v) is 13.6. The second-order valence-electron chi connectivity index (χ2n) is 10.2. The number of nitrogens with one attached hydrogen (secondary N) is 2. The van der Waals surface area contributed by atoms with Gasteiger partial charge in [0.1, 0.15) is 11.3 Å². The van der Waals surface area contributed by atoms with E-state index in [1.165, 1.54) is 11.9 Å². The Hall–Kier alpha value is -4.83. The normalized spacial score (nSPS) is 14.6. The smallest absolute Gasteiger partial charge is 0.262 e. The molecule has 2 N–H and O–H groups in total. The number of nitrogens with zero attached hydrogens (tertiary/aromatic N) is 4. The van der Waals surface area contributed by atoms with E-state index < -0.39 is 0 Å². The number of aryl methyl sites for hydroxylation is 2. The molecular formula is C31H32N6O4. The maximum absolute atomic E-state index is 13.5. The van der Waals surface area contributed by atoms with E-state index in [4.69, 9.17) is 14.2 Å². The third-order valence-corrected chi connectivity index (χ3v) is 7.27. The van der Waals surface area contributed by atoms with Gasteiger partial charge in [-0.3, -0.25) is 4.79 Å². The lowest BCUT2D eigenvalue weighted by atomic mass is 10.1. The van der Waals surface area contributed by atoms with Gasteiger partial charge in [-0.15, -0.1) is 0 Å². The van der Waals surface area contributed by atoms with Gasteiger partial charge < -0.3 is 34.6 Å². The number of carbonyl (C=O) groups is 1. The van der Waals surface area contributed by atoms with Gasteiger partial charge in [0.05, 0.1) is 0 Å². The molecule has 0 saturated carbocycles. The molecule has 0 bridgehead atoms. The molecular weight excluding hydrogens is 520 g/mol. The maximum Gasteiger partial charge on any atom is 0.262 e. The van der Waals surface area contributed by atoms with Gasteiger partial charge in [0, 0.05) is 55.5 Å². The Morgan fingerprint density at radius 1 is 0.927 bits per heavy atom. The van der Waals surface area contributed by atoms with Crippen LogP contribution in [-0.2, 0) is 0 Å². The molecule has 2 aliphatic heterocycles. The third-order valence-electron chi connectivity index (χ3n) is 7.27. The van der Waals surface area contributed by atoms with Crippen molar-refractivity contribution in [3.63, 3.8) is 0 Å². The van der Waals surface area contributed by atoms with Crippen molar-refractivity contribution in [1.29, 1.82) is 0 Å². The van der Waals surface area contributed by atoms with Crippen molar-refractivity contribution in [2.75, 3.05) is 55.6 Å². The van der Waals surface area contributed by atoms with Gasteiger partial charge in [-0.25, -0.2) is 4.98 Å². The number of benzene rings is 3. The predicted octanol–water partition coefficient (Wildman–Crippen LogP) is 5.36. The largest absolute Gasteiger partial charge is 0.454 e. The lowest BCUT2D eigenvalue weighted by Crippen LogP contribution is -2.44. The first kappa shape index (κ1) is 26.4. The summed E-state index contributed by atoms with van der Waals surface area (Å²) in [4.78, 5) is 27.2. The van der Waals surface area contributed by atoms with E-state index >= 15 is 0 Å². The van der Waals surface area contributed by atoms with Gasteiger partial charge in [-0.1, -0.05) is 18.2 Å². The number of likely N-dealkylation sites (N-methyl/N-ethyl adjacent to an activating group) is 1. The zero-order valence-electron chi connectivity index (χ0n) is 23.3. The number of piperazine rings is 1. The Balaban J connectivity index is 1.26. The van der Waals surface area contributed by atoms with Crippen LogP contribution in [0.3, 0.4) is 0 Å². The van der Waals surface area contributed by atoms with Crippen LogP contribution in [0.4, 0.5) is 23.0 Å². The lowest BCUT2D eigenvalue weighted by Gasteiger charge is -2.34. The molecule has 2 aliphatic rings. The summed E-state index contributed by atoms with van der Waals surface area (Å²) in [5.74, 6) is 1.70. The molecule has 0 aliphatic carbocycles. The van der Waals surface area contributed by atoms with E-state index in [1.807, 2.05) is 44.2 Å². The fourth-order valence-corrected chi connectivity index (χ4v) is 4.85. The monoisotopic (exact) mass is 552 g/mol. The van der Waals surface area contributed by atoms with Gasteiger partial charge in [0.2, 0.25) is 18.6 Å². The van der Waals surface area contributed by atoms with Gasteiger partial charge >= 0.3 is 0 Å². The van der Waals surface area contributed by atoms with Crippen LogP contribution in [0.5, 0.6) is 23.1 Å². The fourth-order valence-electron chi connectivity index (χ4n) is 4.85. The van der Waals surface area contributed by atoms with Crippen LogP contribution in [0.25, 0.3) is 0 Å². The maximum atomic E-state index is 13.5. The summed E-state index contributed by atoms with van der Waals surface area (Å²) in [5, 5.41) is 6.24. The summed E-state index contributed by atoms with van der Waals surface area (Å²) in [6.45, 7) is 8.14. The van der Waals surface area contributed by atoms with Gasteiger partial charge in [0.25, 0.3) is 5.91 Å². The van der Waals surface area contributed by atoms with Crippen molar-refractivity contribution in [2.24, 2.45) is 0 Å². The minimum atomic E-state index is -0.374. The molecule has 0 spiro atoms. The highest BCUT2D eigenvalue weighted by Crippen LogP contribution is 2.37. The number of carbonyl (C=O) groups excluding carboxylic acids is 1. The molecule has 1 fully saturated rings. The minimum absolute atomic E-state index is 0.110. The molecule has 4 aromatic rings. The Morgan fingerprint density at radius 2 is 1.66 bits per heavy atom. The van der Waals surface area contributed by atoms with Crippen molar-refractivity contribution in [3.8, 4) is 23.1 Å². The van der Waals surface area contributed by atoms with Gasteiger partial charge in [-0.05, 0) is 68.4 Å². The quantitative estimate of drug-likeness (QED) is 0.314. The van der Waals surface area contributed by atoms with E-state index in [9.17, 15) is 4.79 Å². The second-order valence-corrected chi connectivity index (χ2v) is 10.2. The first-order valence-electron chi connectivity index (χ1n) is 13.6. The van der Waals surface area contributed by atoms with E-state index in [-0.39, 0.29) is 24.1 Å². The van der Waals surface area contributed by atoms with Crippen molar-refractivity contribution >= 4 is 28.9 Å². The molecule has 3 aromatic carbocycles.